The van der Waals surface area contributed by atoms with Crippen molar-refractivity contribution >= 4 is 0 Å². The van der Waals surface area contributed by atoms with Crippen molar-refractivity contribution in [3.8, 4) is 0 Å². The lowest BCUT2D eigenvalue weighted by Gasteiger charge is -2.05. The van der Waals surface area contributed by atoms with Gasteiger partial charge in [0.25, 0.3) is 0 Å². The standard InChI is InChI=1S/C12H16O2/c1-8-6-7-11(14-8)12(13)9-4-2-3-5-10(9)12/h6-7,9-10,13H,2-5H2,1H3. The summed E-state index contributed by atoms with van der Waals surface area (Å²) in [6, 6.07) is 3.88. The van der Waals surface area contributed by atoms with Crippen molar-refractivity contribution in [2.45, 2.75) is 38.2 Å². The quantitative estimate of drug-likeness (QED) is 0.742. The van der Waals surface area contributed by atoms with Gasteiger partial charge in [0.2, 0.25) is 0 Å². The van der Waals surface area contributed by atoms with Crippen LogP contribution in [-0.2, 0) is 5.60 Å². The molecule has 0 amide bonds. The minimum atomic E-state index is -0.606. The highest BCUT2D eigenvalue weighted by atomic mass is 16.4. The topological polar surface area (TPSA) is 33.4 Å². The molecule has 0 spiro atoms. The maximum Gasteiger partial charge on any atom is 0.136 e. The highest BCUT2D eigenvalue weighted by Gasteiger charge is 2.66. The molecule has 14 heavy (non-hydrogen) atoms. The highest BCUT2D eigenvalue weighted by Crippen LogP contribution is 2.64. The second-order valence-electron chi connectivity index (χ2n) is 4.73. The second-order valence-corrected chi connectivity index (χ2v) is 4.73. The maximum atomic E-state index is 10.5. The van der Waals surface area contributed by atoms with Gasteiger partial charge in [0.15, 0.2) is 0 Å². The number of aryl methyl sites for hydroxylation is 1. The normalized spacial score (nSPS) is 40.7. The molecule has 0 bridgehead atoms. The van der Waals surface area contributed by atoms with Gasteiger partial charge in [0, 0.05) is 11.8 Å². The Morgan fingerprint density at radius 3 is 2.43 bits per heavy atom. The van der Waals surface area contributed by atoms with Gasteiger partial charge in [-0.3, -0.25) is 0 Å². The van der Waals surface area contributed by atoms with Crippen LogP contribution in [0, 0.1) is 18.8 Å². The van der Waals surface area contributed by atoms with Crippen molar-refractivity contribution in [3.63, 3.8) is 0 Å². The minimum absolute atomic E-state index is 0.474. The van der Waals surface area contributed by atoms with E-state index in [-0.39, 0.29) is 0 Å². The van der Waals surface area contributed by atoms with Crippen LogP contribution in [0.15, 0.2) is 16.5 Å². The molecule has 3 rings (SSSR count). The maximum absolute atomic E-state index is 10.5. The monoisotopic (exact) mass is 192 g/mol. The van der Waals surface area contributed by atoms with E-state index < -0.39 is 5.60 Å². The van der Waals surface area contributed by atoms with Crippen molar-refractivity contribution in [2.24, 2.45) is 11.8 Å². The van der Waals surface area contributed by atoms with Crippen LogP contribution in [0.25, 0.3) is 0 Å². The third kappa shape index (κ3) is 0.949. The average molecular weight is 192 g/mol. The van der Waals surface area contributed by atoms with E-state index >= 15 is 0 Å². The van der Waals surface area contributed by atoms with Crippen LogP contribution in [0.1, 0.15) is 37.2 Å². The summed E-state index contributed by atoms with van der Waals surface area (Å²) in [6.45, 7) is 1.93. The van der Waals surface area contributed by atoms with Gasteiger partial charge in [-0.15, -0.1) is 0 Å². The van der Waals surface area contributed by atoms with Gasteiger partial charge >= 0.3 is 0 Å². The fourth-order valence-corrected chi connectivity index (χ4v) is 3.11. The number of furan rings is 1. The summed E-state index contributed by atoms with van der Waals surface area (Å²) in [5.41, 5.74) is -0.606. The molecule has 2 unspecified atom stereocenters. The van der Waals surface area contributed by atoms with Crippen LogP contribution in [-0.4, -0.2) is 5.11 Å². The second kappa shape index (κ2) is 2.63. The number of fused-ring (bicyclic) bond motifs is 1. The molecule has 1 aromatic rings. The van der Waals surface area contributed by atoms with Gasteiger partial charge in [0.05, 0.1) is 0 Å². The molecule has 2 aliphatic carbocycles. The van der Waals surface area contributed by atoms with Crippen LogP contribution in [0.2, 0.25) is 0 Å². The summed E-state index contributed by atoms with van der Waals surface area (Å²) in [6.07, 6.45) is 4.87. The van der Waals surface area contributed by atoms with Crippen molar-refractivity contribution < 1.29 is 9.52 Å². The first-order valence-electron chi connectivity index (χ1n) is 5.52. The number of hydrogen-bond donors (Lipinski definition) is 1. The zero-order chi connectivity index (χ0) is 9.76. The zero-order valence-electron chi connectivity index (χ0n) is 8.49. The van der Waals surface area contributed by atoms with E-state index in [1.54, 1.807) is 0 Å². The molecule has 1 aromatic heterocycles. The zero-order valence-corrected chi connectivity index (χ0v) is 8.49. The third-order valence-corrected chi connectivity index (χ3v) is 3.92. The van der Waals surface area contributed by atoms with E-state index in [1.807, 2.05) is 19.1 Å². The molecule has 0 aliphatic heterocycles. The molecule has 0 radical (unpaired) electrons. The minimum Gasteiger partial charge on any atom is -0.463 e. The molecule has 1 heterocycles. The Labute approximate surface area is 83.9 Å². The molecule has 2 nitrogen and oxygen atoms in total. The Morgan fingerprint density at radius 2 is 1.93 bits per heavy atom. The van der Waals surface area contributed by atoms with Crippen molar-refractivity contribution in [1.82, 2.24) is 0 Å². The summed E-state index contributed by atoms with van der Waals surface area (Å²) in [5, 5.41) is 10.5. The largest absolute Gasteiger partial charge is 0.463 e. The van der Waals surface area contributed by atoms with Crippen molar-refractivity contribution in [1.29, 1.82) is 0 Å². The number of rotatable bonds is 1. The van der Waals surface area contributed by atoms with Crippen molar-refractivity contribution in [2.75, 3.05) is 0 Å². The van der Waals surface area contributed by atoms with Crippen LogP contribution >= 0.6 is 0 Å². The van der Waals surface area contributed by atoms with Gasteiger partial charge in [-0.25, -0.2) is 0 Å². The Hall–Kier alpha value is -0.760. The Kier molecular flexibility index (Phi) is 1.61. The molecule has 2 saturated carbocycles. The highest BCUT2D eigenvalue weighted by molar-refractivity contribution is 5.26. The van der Waals surface area contributed by atoms with Gasteiger partial charge < -0.3 is 9.52 Å². The van der Waals surface area contributed by atoms with E-state index in [9.17, 15) is 5.11 Å². The first kappa shape index (κ1) is 8.54. The molecule has 0 aromatic carbocycles. The molecule has 1 N–H and O–H groups in total. The van der Waals surface area contributed by atoms with Crippen LogP contribution in [0.4, 0.5) is 0 Å². The van der Waals surface area contributed by atoms with E-state index in [2.05, 4.69) is 0 Å². The van der Waals surface area contributed by atoms with Crippen LogP contribution in [0.5, 0.6) is 0 Å². The molecular weight excluding hydrogens is 176 g/mol. The van der Waals surface area contributed by atoms with Gasteiger partial charge in [-0.2, -0.15) is 0 Å². The Balaban J connectivity index is 1.92. The molecule has 2 fully saturated rings. The van der Waals surface area contributed by atoms with Crippen molar-refractivity contribution in [3.05, 3.63) is 23.7 Å². The smallest absolute Gasteiger partial charge is 0.136 e. The van der Waals surface area contributed by atoms with Gasteiger partial charge in [0.1, 0.15) is 17.1 Å². The Bertz CT molecular complexity index is 341. The van der Waals surface area contributed by atoms with E-state index in [1.165, 1.54) is 25.7 Å². The molecule has 0 saturated heterocycles. The lowest BCUT2D eigenvalue weighted by Crippen LogP contribution is -2.08. The average Bonchev–Trinajstić information content (AvgIpc) is 2.57. The molecule has 2 heteroatoms. The SMILES string of the molecule is Cc1ccc(C2(O)C3CCCCC32)o1. The van der Waals surface area contributed by atoms with Crippen LogP contribution in [0.3, 0.4) is 0 Å². The fraction of sp³-hybridized carbons (Fsp3) is 0.667. The first-order valence-corrected chi connectivity index (χ1v) is 5.52. The van der Waals surface area contributed by atoms with E-state index in [0.29, 0.717) is 11.8 Å². The van der Waals surface area contributed by atoms with E-state index in [4.69, 9.17) is 4.42 Å². The molecular formula is C12H16O2. The molecule has 2 aliphatic rings. The summed E-state index contributed by atoms with van der Waals surface area (Å²) in [5.74, 6) is 2.65. The lowest BCUT2D eigenvalue weighted by atomic mass is 10.0. The third-order valence-electron chi connectivity index (χ3n) is 3.92. The summed E-state index contributed by atoms with van der Waals surface area (Å²) < 4.78 is 5.55. The van der Waals surface area contributed by atoms with E-state index in [0.717, 1.165) is 11.5 Å². The van der Waals surface area contributed by atoms with Gasteiger partial charge in [-0.1, -0.05) is 12.8 Å². The summed E-state index contributed by atoms with van der Waals surface area (Å²) in [4.78, 5) is 0. The fourth-order valence-electron chi connectivity index (χ4n) is 3.11. The predicted octanol–water partition coefficient (Wildman–Crippen LogP) is 2.60. The summed E-state index contributed by atoms with van der Waals surface area (Å²) >= 11 is 0. The molecule has 76 valence electrons. The van der Waals surface area contributed by atoms with Gasteiger partial charge in [-0.05, 0) is 31.9 Å². The van der Waals surface area contributed by atoms with Crippen LogP contribution < -0.4 is 0 Å². The lowest BCUT2D eigenvalue weighted by molar-refractivity contribution is 0.0908. The first-order chi connectivity index (χ1) is 6.73. The summed E-state index contributed by atoms with van der Waals surface area (Å²) in [7, 11) is 0. The molecule has 2 atom stereocenters. The Morgan fingerprint density at radius 1 is 1.29 bits per heavy atom. The number of hydrogen-bond acceptors (Lipinski definition) is 2. The number of aliphatic hydroxyl groups is 1. The predicted molar refractivity (Wildman–Crippen MR) is 52.8 cm³/mol.